The quantitative estimate of drug-likeness (QED) is 0.451. The Morgan fingerprint density at radius 2 is 2.03 bits per heavy atom. The lowest BCUT2D eigenvalue weighted by Crippen LogP contribution is -2.43. The van der Waals surface area contributed by atoms with Gasteiger partial charge < -0.3 is 15.5 Å². The molecule has 0 aliphatic carbocycles. The summed E-state index contributed by atoms with van der Waals surface area (Å²) in [7, 11) is 0. The number of thiazole rings is 1. The van der Waals surface area contributed by atoms with Gasteiger partial charge in [-0.05, 0) is 38.2 Å². The van der Waals surface area contributed by atoms with E-state index in [1.807, 2.05) is 25.1 Å². The second-order valence-corrected chi connectivity index (χ2v) is 9.42. The van der Waals surface area contributed by atoms with Gasteiger partial charge in [-0.15, -0.1) is 0 Å². The molecule has 1 aliphatic rings. The lowest BCUT2D eigenvalue weighted by molar-refractivity contribution is -0.125. The fourth-order valence-corrected chi connectivity index (χ4v) is 5.15. The summed E-state index contributed by atoms with van der Waals surface area (Å²) >= 11 is 1.27. The van der Waals surface area contributed by atoms with Crippen LogP contribution in [0.2, 0.25) is 0 Å². The van der Waals surface area contributed by atoms with Crippen LogP contribution in [0.1, 0.15) is 31.7 Å². The smallest absolute Gasteiger partial charge is 0.273 e. The first-order valence-electron chi connectivity index (χ1n) is 11.7. The van der Waals surface area contributed by atoms with Crippen molar-refractivity contribution in [1.82, 2.24) is 25.2 Å². The number of benzene rings is 1. The second kappa shape index (κ2) is 11.2. The van der Waals surface area contributed by atoms with E-state index in [-0.39, 0.29) is 29.8 Å². The molecule has 9 nitrogen and oxygen atoms in total. The molecule has 0 spiro atoms. The molecule has 1 aromatic carbocycles. The number of aryl methyl sites for hydroxylation is 1. The van der Waals surface area contributed by atoms with Gasteiger partial charge in [0.2, 0.25) is 11.8 Å². The lowest BCUT2D eigenvalue weighted by atomic mass is 9.97. The number of carbonyl (C=O) groups is 2. The molecule has 1 aliphatic heterocycles. The van der Waals surface area contributed by atoms with E-state index in [9.17, 15) is 14.4 Å². The van der Waals surface area contributed by atoms with Crippen LogP contribution < -0.4 is 21.1 Å². The SMILES string of the molecule is CCNC(=O)C1CCCN(c2nc3ncn(CC(=O)NCCCc4ccccc4)c(=O)c3s2)C1. The molecule has 34 heavy (non-hydrogen) atoms. The van der Waals surface area contributed by atoms with Gasteiger partial charge in [0, 0.05) is 26.2 Å². The second-order valence-electron chi connectivity index (χ2n) is 8.45. The molecule has 10 heteroatoms. The van der Waals surface area contributed by atoms with E-state index in [4.69, 9.17) is 0 Å². The zero-order valence-corrected chi connectivity index (χ0v) is 20.1. The third kappa shape index (κ3) is 5.80. The van der Waals surface area contributed by atoms with Gasteiger partial charge in [-0.2, -0.15) is 4.98 Å². The summed E-state index contributed by atoms with van der Waals surface area (Å²) in [6.07, 6.45) is 4.83. The lowest BCUT2D eigenvalue weighted by Gasteiger charge is -2.31. The third-order valence-electron chi connectivity index (χ3n) is 5.91. The molecule has 0 radical (unpaired) electrons. The zero-order valence-electron chi connectivity index (χ0n) is 19.3. The van der Waals surface area contributed by atoms with E-state index in [1.54, 1.807) is 0 Å². The van der Waals surface area contributed by atoms with Gasteiger partial charge in [0.05, 0.1) is 5.92 Å². The number of nitrogens with one attached hydrogen (secondary N) is 2. The molecule has 3 heterocycles. The minimum Gasteiger partial charge on any atom is -0.356 e. The number of anilines is 1. The maximum atomic E-state index is 13.0. The van der Waals surface area contributed by atoms with Crippen LogP contribution >= 0.6 is 11.3 Å². The van der Waals surface area contributed by atoms with Crippen LogP contribution in [0.15, 0.2) is 41.5 Å². The van der Waals surface area contributed by atoms with E-state index in [1.165, 1.54) is 27.8 Å². The van der Waals surface area contributed by atoms with E-state index in [0.29, 0.717) is 35.1 Å². The van der Waals surface area contributed by atoms with E-state index in [0.717, 1.165) is 32.2 Å². The van der Waals surface area contributed by atoms with E-state index < -0.39 is 0 Å². The normalized spacial score (nSPS) is 15.9. The summed E-state index contributed by atoms with van der Waals surface area (Å²) in [4.78, 5) is 48.5. The Balaban J connectivity index is 1.36. The molecule has 1 atom stereocenters. The minimum atomic E-state index is -0.273. The number of piperidine rings is 1. The number of carbonyl (C=O) groups excluding carboxylic acids is 2. The summed E-state index contributed by atoms with van der Waals surface area (Å²) in [5.74, 6) is -0.249. The number of fused-ring (bicyclic) bond motifs is 1. The van der Waals surface area contributed by atoms with Crippen molar-refractivity contribution in [2.24, 2.45) is 5.92 Å². The first-order valence-corrected chi connectivity index (χ1v) is 12.6. The predicted molar refractivity (Wildman–Crippen MR) is 133 cm³/mol. The summed E-state index contributed by atoms with van der Waals surface area (Å²) in [5, 5.41) is 6.45. The molecule has 2 N–H and O–H groups in total. The van der Waals surface area contributed by atoms with Crippen LogP contribution in [0.25, 0.3) is 10.3 Å². The zero-order chi connectivity index (χ0) is 23.9. The van der Waals surface area contributed by atoms with Crippen molar-refractivity contribution >= 4 is 38.6 Å². The summed E-state index contributed by atoms with van der Waals surface area (Å²) < 4.78 is 1.75. The molecular formula is C24H30N6O3S. The van der Waals surface area contributed by atoms with E-state index >= 15 is 0 Å². The van der Waals surface area contributed by atoms with Crippen molar-refractivity contribution in [3.63, 3.8) is 0 Å². The highest BCUT2D eigenvalue weighted by Crippen LogP contribution is 2.29. The average molecular weight is 483 g/mol. The maximum Gasteiger partial charge on any atom is 0.273 e. The van der Waals surface area contributed by atoms with Gasteiger partial charge in [0.25, 0.3) is 5.56 Å². The Morgan fingerprint density at radius 1 is 1.21 bits per heavy atom. The summed E-state index contributed by atoms with van der Waals surface area (Å²) in [5.41, 5.74) is 1.34. The Labute approximate surface area is 202 Å². The van der Waals surface area contributed by atoms with Crippen LogP contribution in [0.5, 0.6) is 0 Å². The Bertz CT molecular complexity index is 1190. The van der Waals surface area contributed by atoms with Crippen molar-refractivity contribution in [2.75, 3.05) is 31.1 Å². The molecule has 0 saturated carbocycles. The van der Waals surface area contributed by atoms with Gasteiger partial charge in [0.1, 0.15) is 17.6 Å². The largest absolute Gasteiger partial charge is 0.356 e. The molecular weight excluding hydrogens is 452 g/mol. The van der Waals surface area contributed by atoms with Crippen LogP contribution in [-0.4, -0.2) is 52.5 Å². The molecule has 1 unspecified atom stereocenters. The predicted octanol–water partition coefficient (Wildman–Crippen LogP) is 1.95. The van der Waals surface area contributed by atoms with Crippen LogP contribution in [0, 0.1) is 5.92 Å². The van der Waals surface area contributed by atoms with Crippen molar-refractivity contribution in [3.05, 3.63) is 52.6 Å². The number of nitrogens with zero attached hydrogens (tertiary/aromatic N) is 4. The van der Waals surface area contributed by atoms with Gasteiger partial charge >= 0.3 is 0 Å². The van der Waals surface area contributed by atoms with Gasteiger partial charge in [-0.1, -0.05) is 41.7 Å². The van der Waals surface area contributed by atoms with E-state index in [2.05, 4.69) is 37.6 Å². The highest BCUT2D eigenvalue weighted by atomic mass is 32.1. The maximum absolute atomic E-state index is 13.0. The number of aromatic nitrogens is 3. The molecule has 1 fully saturated rings. The Morgan fingerprint density at radius 3 is 2.82 bits per heavy atom. The highest BCUT2D eigenvalue weighted by molar-refractivity contribution is 7.22. The molecule has 180 valence electrons. The van der Waals surface area contributed by atoms with Crippen LogP contribution in [0.3, 0.4) is 0 Å². The molecule has 0 bridgehead atoms. The number of amides is 2. The first kappa shape index (κ1) is 23.9. The molecule has 2 aromatic heterocycles. The molecule has 4 rings (SSSR count). The fraction of sp³-hybridized carbons (Fsp3) is 0.458. The summed E-state index contributed by atoms with van der Waals surface area (Å²) in [6, 6.07) is 10.1. The van der Waals surface area contributed by atoms with Crippen molar-refractivity contribution < 1.29 is 9.59 Å². The number of hydrogen-bond donors (Lipinski definition) is 2. The first-order chi connectivity index (χ1) is 16.5. The van der Waals surface area contributed by atoms with Gasteiger partial charge in [-0.3, -0.25) is 19.0 Å². The Hall–Kier alpha value is -3.27. The number of hydrogen-bond acceptors (Lipinski definition) is 7. The average Bonchev–Trinajstić information content (AvgIpc) is 3.30. The minimum absolute atomic E-state index is 0.0589. The topological polar surface area (TPSA) is 109 Å². The van der Waals surface area contributed by atoms with Crippen molar-refractivity contribution in [1.29, 1.82) is 0 Å². The third-order valence-corrected chi connectivity index (χ3v) is 7.00. The van der Waals surface area contributed by atoms with Gasteiger partial charge in [0.15, 0.2) is 10.8 Å². The standard InChI is InChI=1S/C24H30N6O3S/c1-2-25-22(32)18-11-7-13-29(14-18)24-28-21-20(34-24)23(33)30(16-27-21)15-19(31)26-12-6-10-17-8-4-3-5-9-17/h3-5,8-9,16,18H,2,6-7,10-15H2,1H3,(H,25,32)(H,26,31). The fourth-order valence-electron chi connectivity index (χ4n) is 4.14. The number of rotatable bonds is 9. The molecule has 1 saturated heterocycles. The Kier molecular flexibility index (Phi) is 7.89. The monoisotopic (exact) mass is 482 g/mol. The highest BCUT2D eigenvalue weighted by Gasteiger charge is 2.27. The van der Waals surface area contributed by atoms with Crippen molar-refractivity contribution in [3.8, 4) is 0 Å². The molecule has 2 amide bonds. The van der Waals surface area contributed by atoms with Crippen LogP contribution in [-0.2, 0) is 22.6 Å². The molecule has 3 aromatic rings. The summed E-state index contributed by atoms with van der Waals surface area (Å²) in [6.45, 7) is 4.35. The van der Waals surface area contributed by atoms with Crippen molar-refractivity contribution in [2.45, 2.75) is 39.2 Å². The van der Waals surface area contributed by atoms with Gasteiger partial charge in [-0.25, -0.2) is 4.98 Å². The van der Waals surface area contributed by atoms with Crippen LogP contribution in [0.4, 0.5) is 5.13 Å².